The first-order valence-electron chi connectivity index (χ1n) is 11.1. The summed E-state index contributed by atoms with van der Waals surface area (Å²) in [6.45, 7) is 0.972. The Morgan fingerprint density at radius 2 is 1.60 bits per heavy atom. The molecule has 4 rings (SSSR count). The molecule has 3 atom stereocenters. The monoisotopic (exact) mass is 406 g/mol. The quantitative estimate of drug-likeness (QED) is 0.790. The number of aliphatic hydroxyl groups is 1. The average molecular weight is 407 g/mol. The van der Waals surface area contributed by atoms with Crippen LogP contribution in [0.2, 0.25) is 0 Å². The summed E-state index contributed by atoms with van der Waals surface area (Å²) in [4.78, 5) is 27.6. The number of aliphatic hydroxyl groups excluding tert-OH is 1. The van der Waals surface area contributed by atoms with Crippen molar-refractivity contribution in [1.29, 1.82) is 0 Å². The van der Waals surface area contributed by atoms with Crippen LogP contribution in [0.5, 0.6) is 0 Å². The molecule has 1 unspecified atom stereocenters. The summed E-state index contributed by atoms with van der Waals surface area (Å²) >= 11 is 0. The Labute approximate surface area is 178 Å². The largest absolute Gasteiger partial charge is 0.387 e. The minimum absolute atomic E-state index is 0.0815. The molecular formula is C25H30N2O3. The van der Waals surface area contributed by atoms with E-state index in [4.69, 9.17) is 0 Å². The molecule has 2 amide bonds. The fourth-order valence-electron chi connectivity index (χ4n) is 4.89. The van der Waals surface area contributed by atoms with Gasteiger partial charge in [0.15, 0.2) is 0 Å². The molecule has 5 heteroatoms. The van der Waals surface area contributed by atoms with Crippen molar-refractivity contribution in [3.05, 3.63) is 71.3 Å². The van der Waals surface area contributed by atoms with Gasteiger partial charge in [-0.2, -0.15) is 0 Å². The molecule has 2 fully saturated rings. The van der Waals surface area contributed by atoms with Gasteiger partial charge < -0.3 is 15.3 Å². The summed E-state index contributed by atoms with van der Waals surface area (Å²) in [5.41, 5.74) is 1.89. The van der Waals surface area contributed by atoms with Gasteiger partial charge in [-0.25, -0.2) is 0 Å². The van der Waals surface area contributed by atoms with Crippen LogP contribution >= 0.6 is 0 Å². The Morgan fingerprint density at radius 1 is 0.933 bits per heavy atom. The van der Waals surface area contributed by atoms with E-state index in [-0.39, 0.29) is 18.4 Å². The predicted molar refractivity (Wildman–Crippen MR) is 116 cm³/mol. The predicted octanol–water partition coefficient (Wildman–Crippen LogP) is 3.94. The van der Waals surface area contributed by atoms with Crippen molar-refractivity contribution in [2.24, 2.45) is 5.92 Å². The SMILES string of the molecule is O=C(NCC(O)c1ccccc1)c1ccc(C(=O)N2CCC[C@@H]3CCCC[C@@H]32)cc1. The number of nitrogens with one attached hydrogen (secondary N) is 1. The Kier molecular flexibility index (Phi) is 6.48. The highest BCUT2D eigenvalue weighted by atomic mass is 16.3. The number of hydrogen-bond donors (Lipinski definition) is 2. The van der Waals surface area contributed by atoms with E-state index in [0.717, 1.165) is 24.9 Å². The van der Waals surface area contributed by atoms with Crippen LogP contribution in [0.15, 0.2) is 54.6 Å². The van der Waals surface area contributed by atoms with Crippen molar-refractivity contribution in [1.82, 2.24) is 10.2 Å². The van der Waals surface area contributed by atoms with Crippen molar-refractivity contribution in [3.63, 3.8) is 0 Å². The van der Waals surface area contributed by atoms with E-state index in [1.165, 1.54) is 25.7 Å². The Morgan fingerprint density at radius 3 is 2.37 bits per heavy atom. The van der Waals surface area contributed by atoms with Crippen LogP contribution < -0.4 is 5.32 Å². The van der Waals surface area contributed by atoms with Crippen LogP contribution in [0.4, 0.5) is 0 Å². The lowest BCUT2D eigenvalue weighted by Gasteiger charge is -2.44. The lowest BCUT2D eigenvalue weighted by Crippen LogP contribution is -2.49. The molecule has 0 radical (unpaired) electrons. The van der Waals surface area contributed by atoms with E-state index < -0.39 is 6.10 Å². The number of piperidine rings is 1. The molecule has 2 aromatic rings. The molecule has 2 aromatic carbocycles. The maximum Gasteiger partial charge on any atom is 0.254 e. The standard InChI is InChI=1S/C25H30N2O3/c28-23(19-8-2-1-3-9-19)17-26-24(29)20-12-14-21(15-13-20)25(30)27-16-6-10-18-7-4-5-11-22(18)27/h1-3,8-9,12-15,18,22-23,28H,4-7,10-11,16-17H2,(H,26,29)/t18-,22-,23?/m0/s1. The summed E-state index contributed by atoms with van der Waals surface area (Å²) in [7, 11) is 0. The summed E-state index contributed by atoms with van der Waals surface area (Å²) in [6, 6.07) is 16.5. The van der Waals surface area contributed by atoms with Gasteiger partial charge in [0.2, 0.25) is 0 Å². The van der Waals surface area contributed by atoms with Crippen LogP contribution in [0.25, 0.3) is 0 Å². The van der Waals surface area contributed by atoms with Gasteiger partial charge in [-0.3, -0.25) is 9.59 Å². The van der Waals surface area contributed by atoms with Gasteiger partial charge in [-0.15, -0.1) is 0 Å². The lowest BCUT2D eigenvalue weighted by atomic mass is 9.78. The van der Waals surface area contributed by atoms with Gasteiger partial charge in [-0.1, -0.05) is 43.2 Å². The minimum Gasteiger partial charge on any atom is -0.387 e. The number of hydrogen-bond acceptors (Lipinski definition) is 3. The Hall–Kier alpha value is -2.66. The van der Waals surface area contributed by atoms with Crippen LogP contribution in [-0.4, -0.2) is 41.0 Å². The first kappa shape index (κ1) is 20.6. The van der Waals surface area contributed by atoms with E-state index in [2.05, 4.69) is 10.2 Å². The van der Waals surface area contributed by atoms with Crippen LogP contribution in [0.3, 0.4) is 0 Å². The number of nitrogens with zero attached hydrogens (tertiary/aromatic N) is 1. The third kappa shape index (κ3) is 4.57. The van der Waals surface area contributed by atoms with Gasteiger partial charge in [0.25, 0.3) is 11.8 Å². The smallest absolute Gasteiger partial charge is 0.254 e. The molecule has 5 nitrogen and oxygen atoms in total. The summed E-state index contributed by atoms with van der Waals surface area (Å²) in [6.07, 6.45) is 6.41. The van der Waals surface area contributed by atoms with Crippen molar-refractivity contribution in [3.8, 4) is 0 Å². The fraction of sp³-hybridized carbons (Fsp3) is 0.440. The van der Waals surface area contributed by atoms with E-state index in [1.54, 1.807) is 24.3 Å². The van der Waals surface area contributed by atoms with E-state index in [1.807, 2.05) is 30.3 Å². The van der Waals surface area contributed by atoms with E-state index in [9.17, 15) is 14.7 Å². The normalized spacial score (nSPS) is 22.1. The molecular weight excluding hydrogens is 376 g/mol. The zero-order chi connectivity index (χ0) is 20.9. The molecule has 158 valence electrons. The van der Waals surface area contributed by atoms with Gasteiger partial charge in [-0.05, 0) is 61.4 Å². The van der Waals surface area contributed by atoms with E-state index in [0.29, 0.717) is 23.1 Å². The third-order valence-electron chi connectivity index (χ3n) is 6.54. The highest BCUT2D eigenvalue weighted by molar-refractivity contribution is 5.98. The van der Waals surface area contributed by atoms with Crippen molar-refractivity contribution >= 4 is 11.8 Å². The zero-order valence-corrected chi connectivity index (χ0v) is 17.3. The molecule has 0 bridgehead atoms. The number of fused-ring (bicyclic) bond motifs is 1. The van der Waals surface area contributed by atoms with Crippen LogP contribution in [0, 0.1) is 5.92 Å². The van der Waals surface area contributed by atoms with Crippen molar-refractivity contribution < 1.29 is 14.7 Å². The second kappa shape index (κ2) is 9.43. The molecule has 1 aliphatic carbocycles. The summed E-state index contributed by atoms with van der Waals surface area (Å²) in [5, 5.41) is 13.0. The van der Waals surface area contributed by atoms with Gasteiger partial charge in [0.1, 0.15) is 0 Å². The Bertz CT molecular complexity index is 864. The molecule has 1 saturated carbocycles. The first-order chi connectivity index (χ1) is 14.6. The third-order valence-corrected chi connectivity index (χ3v) is 6.54. The number of rotatable bonds is 5. The average Bonchev–Trinajstić information content (AvgIpc) is 2.82. The van der Waals surface area contributed by atoms with Crippen LogP contribution in [0.1, 0.15) is 70.9 Å². The summed E-state index contributed by atoms with van der Waals surface area (Å²) < 4.78 is 0. The highest BCUT2D eigenvalue weighted by Crippen LogP contribution is 2.35. The molecule has 2 N–H and O–H groups in total. The molecule has 1 saturated heterocycles. The molecule has 0 aromatic heterocycles. The number of amides is 2. The topological polar surface area (TPSA) is 69.6 Å². The molecule has 30 heavy (non-hydrogen) atoms. The highest BCUT2D eigenvalue weighted by Gasteiger charge is 2.35. The maximum absolute atomic E-state index is 13.1. The Balaban J connectivity index is 1.36. The number of benzene rings is 2. The van der Waals surface area contributed by atoms with Gasteiger partial charge >= 0.3 is 0 Å². The van der Waals surface area contributed by atoms with Gasteiger partial charge in [0.05, 0.1) is 6.10 Å². The second-order valence-corrected chi connectivity index (χ2v) is 8.47. The van der Waals surface area contributed by atoms with Crippen molar-refractivity contribution in [2.75, 3.05) is 13.1 Å². The van der Waals surface area contributed by atoms with E-state index >= 15 is 0 Å². The number of carbonyl (C=O) groups excluding carboxylic acids is 2. The first-order valence-corrected chi connectivity index (χ1v) is 11.1. The lowest BCUT2D eigenvalue weighted by molar-refractivity contribution is 0.0390. The molecule has 0 spiro atoms. The summed E-state index contributed by atoms with van der Waals surface area (Å²) in [5.74, 6) is 0.477. The molecule has 2 aliphatic rings. The fourth-order valence-corrected chi connectivity index (χ4v) is 4.89. The number of carbonyl (C=O) groups is 2. The maximum atomic E-state index is 13.1. The van der Waals surface area contributed by atoms with Crippen molar-refractivity contribution in [2.45, 2.75) is 50.7 Å². The van der Waals surface area contributed by atoms with Gasteiger partial charge in [0, 0.05) is 30.3 Å². The number of likely N-dealkylation sites (tertiary alicyclic amines) is 1. The second-order valence-electron chi connectivity index (χ2n) is 8.47. The molecule has 1 heterocycles. The molecule has 1 aliphatic heterocycles. The minimum atomic E-state index is -0.751. The van der Waals surface area contributed by atoms with Crippen LogP contribution in [-0.2, 0) is 0 Å². The zero-order valence-electron chi connectivity index (χ0n) is 17.3.